The first-order chi connectivity index (χ1) is 10.3. The SMILES string of the molecule is CC(C)Oc1ccc(F)cc1NC(=O)NCCC(=O)N(C)C. The van der Waals surface area contributed by atoms with Crippen molar-refractivity contribution in [3.8, 4) is 5.75 Å². The van der Waals surface area contributed by atoms with Crippen LogP contribution in [0.3, 0.4) is 0 Å². The average Bonchev–Trinajstić information content (AvgIpc) is 2.41. The molecule has 1 aromatic carbocycles. The van der Waals surface area contributed by atoms with Crippen LogP contribution in [0.5, 0.6) is 5.75 Å². The first kappa shape index (κ1) is 17.7. The number of carbonyl (C=O) groups is 2. The molecule has 7 heteroatoms. The minimum Gasteiger partial charge on any atom is -0.489 e. The lowest BCUT2D eigenvalue weighted by Crippen LogP contribution is -2.33. The van der Waals surface area contributed by atoms with Crippen molar-refractivity contribution in [2.24, 2.45) is 0 Å². The molecule has 0 saturated carbocycles. The second-order valence-electron chi connectivity index (χ2n) is 5.23. The molecular weight excluding hydrogens is 289 g/mol. The predicted octanol–water partition coefficient (Wildman–Crippen LogP) is 2.21. The van der Waals surface area contributed by atoms with Crippen LogP contribution in [0.4, 0.5) is 14.9 Å². The molecule has 0 fully saturated rings. The highest BCUT2D eigenvalue weighted by Gasteiger charge is 2.11. The smallest absolute Gasteiger partial charge is 0.319 e. The monoisotopic (exact) mass is 311 g/mol. The van der Waals surface area contributed by atoms with Crippen molar-refractivity contribution < 1.29 is 18.7 Å². The van der Waals surface area contributed by atoms with E-state index in [-0.39, 0.29) is 30.7 Å². The number of anilines is 1. The van der Waals surface area contributed by atoms with E-state index in [4.69, 9.17) is 4.74 Å². The van der Waals surface area contributed by atoms with Gasteiger partial charge in [-0.3, -0.25) is 4.79 Å². The summed E-state index contributed by atoms with van der Waals surface area (Å²) >= 11 is 0. The summed E-state index contributed by atoms with van der Waals surface area (Å²) in [7, 11) is 3.29. The van der Waals surface area contributed by atoms with Crippen molar-refractivity contribution in [2.45, 2.75) is 26.4 Å². The summed E-state index contributed by atoms with van der Waals surface area (Å²) in [4.78, 5) is 24.6. The Morgan fingerprint density at radius 2 is 2.00 bits per heavy atom. The predicted molar refractivity (Wildman–Crippen MR) is 82.5 cm³/mol. The van der Waals surface area contributed by atoms with E-state index in [1.807, 2.05) is 13.8 Å². The van der Waals surface area contributed by atoms with Gasteiger partial charge in [0.05, 0.1) is 11.8 Å². The Morgan fingerprint density at radius 1 is 1.32 bits per heavy atom. The van der Waals surface area contributed by atoms with Gasteiger partial charge in [-0.25, -0.2) is 9.18 Å². The van der Waals surface area contributed by atoms with Crippen LogP contribution in [0.15, 0.2) is 18.2 Å². The summed E-state index contributed by atoms with van der Waals surface area (Å²) in [6.45, 7) is 3.86. The minimum absolute atomic E-state index is 0.0881. The topological polar surface area (TPSA) is 70.7 Å². The summed E-state index contributed by atoms with van der Waals surface area (Å²) in [6.07, 6.45) is 0.0885. The van der Waals surface area contributed by atoms with Crippen LogP contribution in [0.25, 0.3) is 0 Å². The van der Waals surface area contributed by atoms with Crippen molar-refractivity contribution in [3.05, 3.63) is 24.0 Å². The maximum atomic E-state index is 13.3. The van der Waals surface area contributed by atoms with E-state index >= 15 is 0 Å². The number of halogens is 1. The van der Waals surface area contributed by atoms with Crippen molar-refractivity contribution in [1.29, 1.82) is 0 Å². The summed E-state index contributed by atoms with van der Waals surface area (Å²) < 4.78 is 18.8. The van der Waals surface area contributed by atoms with E-state index in [1.54, 1.807) is 14.1 Å². The lowest BCUT2D eigenvalue weighted by molar-refractivity contribution is -0.128. The van der Waals surface area contributed by atoms with Gasteiger partial charge >= 0.3 is 6.03 Å². The Labute approximate surface area is 129 Å². The van der Waals surface area contributed by atoms with Crippen molar-refractivity contribution in [2.75, 3.05) is 26.0 Å². The zero-order valence-corrected chi connectivity index (χ0v) is 13.3. The van der Waals surface area contributed by atoms with Gasteiger partial charge in [0.15, 0.2) is 0 Å². The number of urea groups is 1. The number of benzene rings is 1. The fourth-order valence-electron chi connectivity index (χ4n) is 1.63. The maximum absolute atomic E-state index is 13.3. The number of hydrogen-bond donors (Lipinski definition) is 2. The number of ether oxygens (including phenoxy) is 1. The number of nitrogens with one attached hydrogen (secondary N) is 2. The fraction of sp³-hybridized carbons (Fsp3) is 0.467. The largest absolute Gasteiger partial charge is 0.489 e. The van der Waals surface area contributed by atoms with E-state index < -0.39 is 11.8 Å². The molecule has 0 heterocycles. The van der Waals surface area contributed by atoms with E-state index in [9.17, 15) is 14.0 Å². The van der Waals surface area contributed by atoms with Gasteiger partial charge in [0.2, 0.25) is 5.91 Å². The summed E-state index contributed by atoms with van der Waals surface area (Å²) in [6, 6.07) is 3.38. The summed E-state index contributed by atoms with van der Waals surface area (Å²) in [5.41, 5.74) is 0.241. The van der Waals surface area contributed by atoms with E-state index in [0.29, 0.717) is 5.75 Å². The Balaban J connectivity index is 2.60. The Kier molecular flexibility index (Phi) is 6.62. The van der Waals surface area contributed by atoms with Gasteiger partial charge in [-0.15, -0.1) is 0 Å². The van der Waals surface area contributed by atoms with Gasteiger partial charge in [-0.1, -0.05) is 0 Å². The number of rotatable bonds is 6. The van der Waals surface area contributed by atoms with Crippen LogP contribution in [0, 0.1) is 5.82 Å². The highest BCUT2D eigenvalue weighted by Crippen LogP contribution is 2.26. The summed E-state index contributed by atoms with van der Waals surface area (Å²) in [5.74, 6) is -0.181. The van der Waals surface area contributed by atoms with Crippen LogP contribution >= 0.6 is 0 Å². The first-order valence-electron chi connectivity index (χ1n) is 7.00. The molecule has 2 N–H and O–H groups in total. The molecule has 122 valence electrons. The molecule has 0 aliphatic carbocycles. The zero-order valence-electron chi connectivity index (χ0n) is 13.3. The van der Waals surface area contributed by atoms with Crippen molar-refractivity contribution in [1.82, 2.24) is 10.2 Å². The number of carbonyl (C=O) groups excluding carboxylic acids is 2. The third-order valence-corrected chi connectivity index (χ3v) is 2.68. The van der Waals surface area contributed by atoms with E-state index in [0.717, 1.165) is 0 Å². The molecule has 0 aliphatic heterocycles. The van der Waals surface area contributed by atoms with Crippen LogP contribution in [-0.4, -0.2) is 43.6 Å². The Bertz CT molecular complexity index is 533. The molecule has 0 spiro atoms. The second kappa shape index (κ2) is 8.21. The fourth-order valence-corrected chi connectivity index (χ4v) is 1.63. The molecule has 0 bridgehead atoms. The normalized spacial score (nSPS) is 10.3. The molecule has 0 unspecified atom stereocenters. The van der Waals surface area contributed by atoms with Crippen LogP contribution < -0.4 is 15.4 Å². The highest BCUT2D eigenvalue weighted by molar-refractivity contribution is 5.91. The molecule has 1 aromatic rings. The van der Waals surface area contributed by atoms with Crippen molar-refractivity contribution in [3.63, 3.8) is 0 Å². The van der Waals surface area contributed by atoms with Crippen LogP contribution in [0.2, 0.25) is 0 Å². The number of nitrogens with zero attached hydrogens (tertiary/aromatic N) is 1. The third-order valence-electron chi connectivity index (χ3n) is 2.68. The van der Waals surface area contributed by atoms with E-state index in [2.05, 4.69) is 10.6 Å². The highest BCUT2D eigenvalue weighted by atomic mass is 19.1. The van der Waals surface area contributed by atoms with Gasteiger partial charge in [-0.2, -0.15) is 0 Å². The van der Waals surface area contributed by atoms with Gasteiger partial charge < -0.3 is 20.3 Å². The van der Waals surface area contributed by atoms with Gasteiger partial charge in [-0.05, 0) is 26.0 Å². The van der Waals surface area contributed by atoms with E-state index in [1.165, 1.54) is 23.1 Å². The lowest BCUT2D eigenvalue weighted by atomic mass is 10.2. The third kappa shape index (κ3) is 5.99. The zero-order chi connectivity index (χ0) is 16.7. The first-order valence-corrected chi connectivity index (χ1v) is 7.00. The van der Waals surface area contributed by atoms with Crippen LogP contribution in [0.1, 0.15) is 20.3 Å². The standard InChI is InChI=1S/C15H22FN3O3/c1-10(2)22-13-6-5-11(16)9-12(13)18-15(21)17-8-7-14(20)19(3)4/h5-6,9-10H,7-8H2,1-4H3,(H2,17,18,21). The van der Waals surface area contributed by atoms with Gasteiger partial charge in [0, 0.05) is 33.1 Å². The number of hydrogen-bond acceptors (Lipinski definition) is 3. The molecule has 3 amide bonds. The van der Waals surface area contributed by atoms with Crippen LogP contribution in [-0.2, 0) is 4.79 Å². The molecule has 0 radical (unpaired) electrons. The molecular formula is C15H22FN3O3. The molecule has 1 rings (SSSR count). The summed E-state index contributed by atoms with van der Waals surface area (Å²) in [5, 5.41) is 5.06. The average molecular weight is 311 g/mol. The lowest BCUT2D eigenvalue weighted by Gasteiger charge is -2.15. The number of amides is 3. The molecule has 22 heavy (non-hydrogen) atoms. The molecule has 0 aromatic heterocycles. The molecule has 6 nitrogen and oxygen atoms in total. The maximum Gasteiger partial charge on any atom is 0.319 e. The molecule has 0 aliphatic rings. The minimum atomic E-state index is -0.522. The van der Waals surface area contributed by atoms with Gasteiger partial charge in [0.25, 0.3) is 0 Å². The molecule has 0 saturated heterocycles. The Hall–Kier alpha value is -2.31. The molecule has 0 atom stereocenters. The van der Waals surface area contributed by atoms with Crippen molar-refractivity contribution >= 4 is 17.6 Å². The Morgan fingerprint density at radius 3 is 2.59 bits per heavy atom. The second-order valence-corrected chi connectivity index (χ2v) is 5.23. The quantitative estimate of drug-likeness (QED) is 0.846. The van der Waals surface area contributed by atoms with Gasteiger partial charge in [0.1, 0.15) is 11.6 Å².